The molecule has 0 aromatic heterocycles. The lowest BCUT2D eigenvalue weighted by Gasteiger charge is -2.34. The van der Waals surface area contributed by atoms with Gasteiger partial charge in [0.25, 0.3) is 0 Å². The van der Waals surface area contributed by atoms with E-state index in [4.69, 9.17) is 4.74 Å². The Morgan fingerprint density at radius 3 is 1.87 bits per heavy atom. The first-order valence-corrected chi connectivity index (χ1v) is 10.5. The lowest BCUT2D eigenvalue weighted by Crippen LogP contribution is -2.51. The van der Waals surface area contributed by atoms with Crippen LogP contribution in [0.4, 0.5) is 0 Å². The third-order valence-corrected chi connectivity index (χ3v) is 5.75. The number of aliphatic hydroxyl groups excluding tert-OH is 3. The molecule has 0 aromatic carbocycles. The molecule has 0 radical (unpaired) electrons. The van der Waals surface area contributed by atoms with E-state index < -0.39 is 23.7 Å². The minimum absolute atomic E-state index is 0.105. The molecule has 0 spiro atoms. The molecule has 138 valence electrons. The van der Waals surface area contributed by atoms with Crippen LogP contribution in [0, 0.1) is 0 Å². The van der Waals surface area contributed by atoms with Crippen molar-refractivity contribution >= 4 is 11.8 Å². The summed E-state index contributed by atoms with van der Waals surface area (Å²) in [5, 5.41) is 28.8. The van der Waals surface area contributed by atoms with Crippen LogP contribution in [-0.2, 0) is 4.74 Å². The first-order valence-electron chi connectivity index (χ1n) is 9.44. The van der Waals surface area contributed by atoms with Crippen molar-refractivity contribution in [3.8, 4) is 0 Å². The van der Waals surface area contributed by atoms with Gasteiger partial charge in [0.05, 0.1) is 6.61 Å². The highest BCUT2D eigenvalue weighted by Crippen LogP contribution is 2.25. The average molecular weight is 349 g/mol. The summed E-state index contributed by atoms with van der Waals surface area (Å²) < 4.78 is 5.38. The maximum absolute atomic E-state index is 9.83. The van der Waals surface area contributed by atoms with Gasteiger partial charge >= 0.3 is 0 Å². The molecule has 4 atom stereocenters. The van der Waals surface area contributed by atoms with Crippen LogP contribution in [0.25, 0.3) is 0 Å². The molecule has 1 aliphatic heterocycles. The monoisotopic (exact) mass is 348 g/mol. The second kappa shape index (κ2) is 13.5. The summed E-state index contributed by atoms with van der Waals surface area (Å²) in [4.78, 5) is 0. The van der Waals surface area contributed by atoms with E-state index in [1.54, 1.807) is 11.8 Å². The molecule has 0 saturated carbocycles. The van der Waals surface area contributed by atoms with Gasteiger partial charge in [-0.3, -0.25) is 0 Å². The molecule has 5 heteroatoms. The van der Waals surface area contributed by atoms with Crippen LogP contribution >= 0.6 is 11.8 Å². The van der Waals surface area contributed by atoms with Gasteiger partial charge in [-0.25, -0.2) is 0 Å². The molecule has 1 aliphatic rings. The van der Waals surface area contributed by atoms with Crippen LogP contribution < -0.4 is 0 Å². The predicted molar refractivity (Wildman–Crippen MR) is 96.7 cm³/mol. The van der Waals surface area contributed by atoms with E-state index in [9.17, 15) is 15.3 Å². The highest BCUT2D eigenvalue weighted by Gasteiger charge is 2.37. The zero-order chi connectivity index (χ0) is 16.9. The largest absolute Gasteiger partial charge is 0.388 e. The van der Waals surface area contributed by atoms with E-state index >= 15 is 0 Å². The minimum atomic E-state index is -1.08. The average Bonchev–Trinajstić information content (AvgIpc) is 2.55. The van der Waals surface area contributed by atoms with Gasteiger partial charge in [-0.15, -0.1) is 11.8 Å². The molecular weight excluding hydrogens is 312 g/mol. The molecule has 1 fully saturated rings. The molecule has 0 unspecified atom stereocenters. The summed E-state index contributed by atoms with van der Waals surface area (Å²) in [6.45, 7) is 2.36. The SMILES string of the molecule is CCCCCCCCCCCCCS[C@@H]1OC[C@@H](O)[C@H](O)[C@H]1O. The molecule has 0 aliphatic carbocycles. The van der Waals surface area contributed by atoms with E-state index in [-0.39, 0.29) is 6.61 Å². The highest BCUT2D eigenvalue weighted by atomic mass is 32.2. The van der Waals surface area contributed by atoms with E-state index in [1.165, 1.54) is 64.2 Å². The van der Waals surface area contributed by atoms with Crippen molar-refractivity contribution in [1.82, 2.24) is 0 Å². The highest BCUT2D eigenvalue weighted by molar-refractivity contribution is 7.99. The van der Waals surface area contributed by atoms with Crippen molar-refractivity contribution in [1.29, 1.82) is 0 Å². The first-order chi connectivity index (χ1) is 11.2. The number of ether oxygens (including phenoxy) is 1. The Hall–Kier alpha value is 0.190. The normalized spacial score (nSPS) is 28.2. The predicted octanol–water partition coefficient (Wildman–Crippen LogP) is 3.47. The third-order valence-electron chi connectivity index (χ3n) is 4.48. The molecule has 1 saturated heterocycles. The fraction of sp³-hybridized carbons (Fsp3) is 1.00. The molecule has 0 aromatic rings. The van der Waals surface area contributed by atoms with Gasteiger partial charge in [-0.05, 0) is 12.2 Å². The molecule has 4 nitrogen and oxygen atoms in total. The van der Waals surface area contributed by atoms with Gasteiger partial charge in [0.1, 0.15) is 23.7 Å². The van der Waals surface area contributed by atoms with Crippen molar-refractivity contribution in [2.45, 2.75) is 101 Å². The second-order valence-corrected chi connectivity index (χ2v) is 7.86. The Balaban J connectivity index is 1.86. The van der Waals surface area contributed by atoms with Crippen molar-refractivity contribution in [2.24, 2.45) is 0 Å². The molecular formula is C18H36O4S. The number of hydrogen-bond donors (Lipinski definition) is 3. The summed E-state index contributed by atoms with van der Waals surface area (Å²) in [6.07, 6.45) is 11.5. The van der Waals surface area contributed by atoms with Gasteiger partial charge in [-0.1, -0.05) is 71.1 Å². The number of thioether (sulfide) groups is 1. The molecule has 1 heterocycles. The van der Waals surface area contributed by atoms with Crippen LogP contribution in [0.5, 0.6) is 0 Å². The van der Waals surface area contributed by atoms with Crippen LogP contribution in [0.15, 0.2) is 0 Å². The van der Waals surface area contributed by atoms with E-state index in [0.29, 0.717) is 0 Å². The third kappa shape index (κ3) is 9.30. The smallest absolute Gasteiger partial charge is 0.131 e. The topological polar surface area (TPSA) is 69.9 Å². The van der Waals surface area contributed by atoms with E-state index in [1.807, 2.05) is 0 Å². The molecule has 3 N–H and O–H groups in total. The Labute approximate surface area is 146 Å². The lowest BCUT2D eigenvalue weighted by atomic mass is 10.1. The number of aliphatic hydroxyl groups is 3. The van der Waals surface area contributed by atoms with Crippen LogP contribution in [0.2, 0.25) is 0 Å². The van der Waals surface area contributed by atoms with Crippen LogP contribution in [0.3, 0.4) is 0 Å². The summed E-state index contributed by atoms with van der Waals surface area (Å²) in [5.74, 6) is 0.932. The lowest BCUT2D eigenvalue weighted by molar-refractivity contribution is -0.161. The Kier molecular flexibility index (Phi) is 12.4. The Bertz CT molecular complexity index is 278. The van der Waals surface area contributed by atoms with Crippen molar-refractivity contribution < 1.29 is 20.1 Å². The van der Waals surface area contributed by atoms with Gasteiger partial charge in [0.15, 0.2) is 0 Å². The zero-order valence-electron chi connectivity index (χ0n) is 14.7. The maximum atomic E-state index is 9.83. The quantitative estimate of drug-likeness (QED) is 0.445. The maximum Gasteiger partial charge on any atom is 0.131 e. The van der Waals surface area contributed by atoms with Crippen LogP contribution in [-0.4, -0.2) is 51.4 Å². The Morgan fingerprint density at radius 1 is 0.783 bits per heavy atom. The number of unbranched alkanes of at least 4 members (excludes halogenated alkanes) is 10. The molecule has 0 bridgehead atoms. The van der Waals surface area contributed by atoms with E-state index in [2.05, 4.69) is 6.92 Å². The summed E-state index contributed by atoms with van der Waals surface area (Å²) in [6, 6.07) is 0. The zero-order valence-corrected chi connectivity index (χ0v) is 15.5. The fourth-order valence-electron chi connectivity index (χ4n) is 2.89. The summed E-state index contributed by atoms with van der Waals surface area (Å²) in [5.41, 5.74) is -0.406. The summed E-state index contributed by atoms with van der Waals surface area (Å²) in [7, 11) is 0. The van der Waals surface area contributed by atoms with Crippen molar-refractivity contribution in [3.05, 3.63) is 0 Å². The van der Waals surface area contributed by atoms with Gasteiger partial charge in [0, 0.05) is 0 Å². The molecule has 0 amide bonds. The first kappa shape index (κ1) is 21.2. The molecule has 23 heavy (non-hydrogen) atoms. The second-order valence-electron chi connectivity index (χ2n) is 6.66. The van der Waals surface area contributed by atoms with Crippen molar-refractivity contribution in [2.75, 3.05) is 12.4 Å². The Morgan fingerprint density at radius 2 is 1.30 bits per heavy atom. The van der Waals surface area contributed by atoms with Gasteiger partial charge in [0.2, 0.25) is 0 Å². The number of rotatable bonds is 13. The van der Waals surface area contributed by atoms with Gasteiger partial charge < -0.3 is 20.1 Å². The number of hydrogen-bond acceptors (Lipinski definition) is 5. The molecule has 1 rings (SSSR count). The van der Waals surface area contributed by atoms with E-state index in [0.717, 1.165) is 12.2 Å². The van der Waals surface area contributed by atoms with Gasteiger partial charge in [-0.2, -0.15) is 0 Å². The van der Waals surface area contributed by atoms with Crippen LogP contribution in [0.1, 0.15) is 77.6 Å². The standard InChI is InChI=1S/C18H36O4S/c1-2-3-4-5-6-7-8-9-10-11-12-13-23-18-17(21)16(20)15(19)14-22-18/h15-21H,2-14H2,1H3/t15-,16+,17-,18+/m1/s1. The minimum Gasteiger partial charge on any atom is -0.388 e. The fourth-order valence-corrected chi connectivity index (χ4v) is 4.03. The van der Waals surface area contributed by atoms with Crippen molar-refractivity contribution in [3.63, 3.8) is 0 Å². The summed E-state index contributed by atoms with van der Waals surface area (Å²) >= 11 is 1.55.